The number of carbonyl (C=O) groups is 1. The topological polar surface area (TPSA) is 59.6 Å². The van der Waals surface area contributed by atoms with E-state index in [0.717, 1.165) is 47.7 Å². The number of ether oxygens (including phenoxy) is 2. The first kappa shape index (κ1) is 20.6. The van der Waals surface area contributed by atoms with Crippen LogP contribution in [0.1, 0.15) is 53.4 Å². The molecule has 0 spiro atoms. The molecule has 28 heavy (non-hydrogen) atoms. The molecule has 0 radical (unpaired) electrons. The first-order chi connectivity index (χ1) is 13.6. The highest BCUT2D eigenvalue weighted by Gasteiger charge is 2.25. The lowest BCUT2D eigenvalue weighted by molar-refractivity contribution is 0.0526. The van der Waals surface area contributed by atoms with Crippen molar-refractivity contribution in [2.45, 2.75) is 45.4 Å². The SMILES string of the molecule is CCOC(=O)c1c(NC(=S)Nc2ccc(OC)cc2)sc2c1CCCCCC2. The van der Waals surface area contributed by atoms with Crippen LogP contribution in [0.25, 0.3) is 0 Å². The van der Waals surface area contributed by atoms with Crippen molar-refractivity contribution in [2.24, 2.45) is 0 Å². The molecule has 0 fully saturated rings. The smallest absolute Gasteiger partial charge is 0.341 e. The van der Waals surface area contributed by atoms with E-state index in [1.807, 2.05) is 31.2 Å². The molecule has 2 aromatic rings. The molecule has 3 rings (SSSR count). The van der Waals surface area contributed by atoms with Crippen molar-refractivity contribution in [3.63, 3.8) is 0 Å². The van der Waals surface area contributed by atoms with Crippen molar-refractivity contribution in [1.29, 1.82) is 0 Å². The van der Waals surface area contributed by atoms with Crippen LogP contribution in [0.3, 0.4) is 0 Å². The second-order valence-corrected chi connectivity index (χ2v) is 8.16. The molecule has 1 aliphatic rings. The molecule has 0 saturated carbocycles. The number of rotatable bonds is 5. The maximum atomic E-state index is 12.7. The molecule has 0 unspecified atom stereocenters. The number of thiophene rings is 1. The summed E-state index contributed by atoms with van der Waals surface area (Å²) in [5.41, 5.74) is 2.64. The van der Waals surface area contributed by atoms with Gasteiger partial charge in [0, 0.05) is 10.6 Å². The van der Waals surface area contributed by atoms with Crippen molar-refractivity contribution in [3.8, 4) is 5.75 Å². The van der Waals surface area contributed by atoms with E-state index in [4.69, 9.17) is 21.7 Å². The number of thiocarbonyl (C=S) groups is 1. The summed E-state index contributed by atoms with van der Waals surface area (Å²) >= 11 is 7.11. The summed E-state index contributed by atoms with van der Waals surface area (Å²) in [7, 11) is 1.63. The van der Waals surface area contributed by atoms with Crippen molar-refractivity contribution >= 4 is 45.3 Å². The first-order valence-electron chi connectivity index (χ1n) is 9.66. The lowest BCUT2D eigenvalue weighted by Crippen LogP contribution is -2.20. The first-order valence-corrected chi connectivity index (χ1v) is 10.9. The predicted molar refractivity (Wildman–Crippen MR) is 119 cm³/mol. The fourth-order valence-corrected chi connectivity index (χ4v) is 4.93. The van der Waals surface area contributed by atoms with E-state index in [1.165, 1.54) is 17.7 Å². The molecular weight excluding hydrogens is 392 g/mol. The van der Waals surface area contributed by atoms with Crippen LogP contribution < -0.4 is 15.4 Å². The van der Waals surface area contributed by atoms with Crippen molar-refractivity contribution in [3.05, 3.63) is 40.3 Å². The van der Waals surface area contributed by atoms with Crippen LogP contribution in [0.15, 0.2) is 24.3 Å². The summed E-state index contributed by atoms with van der Waals surface area (Å²) in [6, 6.07) is 7.53. The zero-order valence-electron chi connectivity index (χ0n) is 16.3. The highest BCUT2D eigenvalue weighted by molar-refractivity contribution is 7.80. The van der Waals surface area contributed by atoms with Crippen molar-refractivity contribution < 1.29 is 14.3 Å². The number of aryl methyl sites for hydroxylation is 1. The number of anilines is 2. The Labute approximate surface area is 175 Å². The van der Waals surface area contributed by atoms with Crippen molar-refractivity contribution in [2.75, 3.05) is 24.4 Å². The third-order valence-corrected chi connectivity index (χ3v) is 6.14. The zero-order chi connectivity index (χ0) is 19.9. The Morgan fingerprint density at radius 3 is 2.50 bits per heavy atom. The Hall–Kier alpha value is -2.12. The molecule has 2 N–H and O–H groups in total. The fraction of sp³-hybridized carbons (Fsp3) is 0.429. The van der Waals surface area contributed by atoms with Gasteiger partial charge in [0.05, 0.1) is 19.3 Å². The Kier molecular flexibility index (Phi) is 7.28. The molecule has 7 heteroatoms. The summed E-state index contributed by atoms with van der Waals surface area (Å²) in [5, 5.41) is 7.62. The van der Waals surface area contributed by atoms with Crippen LogP contribution in [-0.2, 0) is 17.6 Å². The second kappa shape index (κ2) is 9.89. The summed E-state index contributed by atoms with van der Waals surface area (Å²) in [6.45, 7) is 2.19. The molecule has 0 amide bonds. The highest BCUT2D eigenvalue weighted by Crippen LogP contribution is 2.37. The quantitative estimate of drug-likeness (QED) is 0.501. The number of carbonyl (C=O) groups excluding carboxylic acids is 1. The molecule has 1 aromatic heterocycles. The normalized spacial score (nSPS) is 13.6. The van der Waals surface area contributed by atoms with E-state index in [-0.39, 0.29) is 5.97 Å². The number of esters is 1. The number of fused-ring (bicyclic) bond motifs is 1. The molecule has 1 heterocycles. The molecule has 0 bridgehead atoms. The molecule has 0 aliphatic heterocycles. The molecular formula is C21H26N2O3S2. The number of benzene rings is 1. The Morgan fingerprint density at radius 2 is 1.82 bits per heavy atom. The van der Waals surface area contributed by atoms with E-state index >= 15 is 0 Å². The Bertz CT molecular complexity index is 831. The van der Waals surface area contributed by atoms with Crippen LogP contribution in [0.5, 0.6) is 5.75 Å². The van der Waals surface area contributed by atoms with Gasteiger partial charge in [-0.1, -0.05) is 12.8 Å². The van der Waals surface area contributed by atoms with Gasteiger partial charge in [0.15, 0.2) is 5.11 Å². The average molecular weight is 419 g/mol. The van der Waals surface area contributed by atoms with Gasteiger partial charge in [-0.15, -0.1) is 11.3 Å². The second-order valence-electron chi connectivity index (χ2n) is 6.65. The molecule has 0 saturated heterocycles. The fourth-order valence-electron chi connectivity index (χ4n) is 3.37. The van der Waals surface area contributed by atoms with Gasteiger partial charge in [0.25, 0.3) is 0 Å². The van der Waals surface area contributed by atoms with Crippen LogP contribution in [0.2, 0.25) is 0 Å². The molecule has 1 aromatic carbocycles. The average Bonchev–Trinajstić information content (AvgIpc) is 2.98. The summed E-state index contributed by atoms with van der Waals surface area (Å²) in [4.78, 5) is 13.9. The zero-order valence-corrected chi connectivity index (χ0v) is 17.9. The maximum absolute atomic E-state index is 12.7. The van der Waals surface area contributed by atoms with Crippen LogP contribution in [0, 0.1) is 0 Å². The van der Waals surface area contributed by atoms with Gasteiger partial charge in [-0.25, -0.2) is 4.79 Å². The molecule has 0 atom stereocenters. The van der Waals surface area contributed by atoms with Gasteiger partial charge >= 0.3 is 5.97 Å². The number of hydrogen-bond donors (Lipinski definition) is 2. The van der Waals surface area contributed by atoms with E-state index in [9.17, 15) is 4.79 Å². The lowest BCUT2D eigenvalue weighted by atomic mass is 9.96. The summed E-state index contributed by atoms with van der Waals surface area (Å²) in [5.74, 6) is 0.516. The van der Waals surface area contributed by atoms with E-state index in [0.29, 0.717) is 17.3 Å². The van der Waals surface area contributed by atoms with Crippen LogP contribution in [-0.4, -0.2) is 24.8 Å². The molecule has 1 aliphatic carbocycles. The minimum absolute atomic E-state index is 0.268. The van der Waals surface area contributed by atoms with Gasteiger partial charge in [-0.3, -0.25) is 0 Å². The third-order valence-electron chi connectivity index (χ3n) is 4.73. The Balaban J connectivity index is 1.81. The number of hydrogen-bond acceptors (Lipinski definition) is 5. The maximum Gasteiger partial charge on any atom is 0.341 e. The van der Waals surface area contributed by atoms with Gasteiger partial charge < -0.3 is 20.1 Å². The summed E-state index contributed by atoms with van der Waals surface area (Å²) in [6.07, 6.45) is 6.63. The van der Waals surface area contributed by atoms with E-state index < -0.39 is 0 Å². The Morgan fingerprint density at radius 1 is 1.11 bits per heavy atom. The van der Waals surface area contributed by atoms with Gasteiger partial charge in [-0.05, 0) is 74.7 Å². The minimum atomic E-state index is -0.268. The van der Waals surface area contributed by atoms with Crippen LogP contribution in [0.4, 0.5) is 10.7 Å². The van der Waals surface area contributed by atoms with Crippen molar-refractivity contribution in [1.82, 2.24) is 0 Å². The number of nitrogens with one attached hydrogen (secondary N) is 2. The van der Waals surface area contributed by atoms with Crippen LogP contribution >= 0.6 is 23.6 Å². The largest absolute Gasteiger partial charge is 0.497 e. The van der Waals surface area contributed by atoms with Gasteiger partial charge in [0.2, 0.25) is 0 Å². The standard InChI is InChI=1S/C21H26N2O3S2/c1-3-26-20(24)18-16-8-6-4-5-7-9-17(16)28-19(18)23-21(27)22-14-10-12-15(25-2)13-11-14/h10-13H,3-9H2,1-2H3,(H2,22,23,27). The monoisotopic (exact) mass is 418 g/mol. The molecule has 5 nitrogen and oxygen atoms in total. The minimum Gasteiger partial charge on any atom is -0.497 e. The predicted octanol–water partition coefficient (Wildman–Crippen LogP) is 5.40. The van der Waals surface area contributed by atoms with E-state index in [2.05, 4.69) is 10.6 Å². The summed E-state index contributed by atoms with van der Waals surface area (Å²) < 4.78 is 10.5. The van der Waals surface area contributed by atoms with Gasteiger partial charge in [0.1, 0.15) is 10.8 Å². The number of methoxy groups -OCH3 is 1. The lowest BCUT2D eigenvalue weighted by Gasteiger charge is -2.13. The molecule has 150 valence electrons. The third kappa shape index (κ3) is 5.02. The van der Waals surface area contributed by atoms with Gasteiger partial charge in [-0.2, -0.15) is 0 Å². The van der Waals surface area contributed by atoms with E-state index in [1.54, 1.807) is 18.4 Å². The highest BCUT2D eigenvalue weighted by atomic mass is 32.1.